The summed E-state index contributed by atoms with van der Waals surface area (Å²) in [6.45, 7) is 2.32. The largest absolute Gasteiger partial charge is 0.355 e. The van der Waals surface area contributed by atoms with E-state index in [-0.39, 0.29) is 30.0 Å². The second-order valence-electron chi connectivity index (χ2n) is 7.68. The van der Waals surface area contributed by atoms with Gasteiger partial charge in [-0.1, -0.05) is 24.3 Å². The highest BCUT2D eigenvalue weighted by atomic mass is 16.2. The summed E-state index contributed by atoms with van der Waals surface area (Å²) in [5.74, 6) is -0.251. The Hall–Kier alpha value is -3.48. The van der Waals surface area contributed by atoms with Crippen LogP contribution in [0.4, 0.5) is 0 Å². The number of para-hydroxylation sites is 1. The molecule has 2 aromatic carbocycles. The van der Waals surface area contributed by atoms with E-state index in [0.717, 1.165) is 24.0 Å². The van der Waals surface area contributed by atoms with Crippen LogP contribution in [0.5, 0.6) is 0 Å². The zero-order chi connectivity index (χ0) is 21.3. The first kappa shape index (κ1) is 19.8. The van der Waals surface area contributed by atoms with Crippen molar-refractivity contribution in [3.63, 3.8) is 0 Å². The Bertz CT molecular complexity index is 1160. The number of benzene rings is 2. The number of fused-ring (bicyclic) bond motifs is 1. The number of hydrogen-bond donors (Lipinski definition) is 1. The number of rotatable bonds is 6. The van der Waals surface area contributed by atoms with Gasteiger partial charge in [0.15, 0.2) is 0 Å². The molecule has 0 bridgehead atoms. The summed E-state index contributed by atoms with van der Waals surface area (Å²) in [5.41, 5.74) is 2.92. The van der Waals surface area contributed by atoms with E-state index in [4.69, 9.17) is 0 Å². The fourth-order valence-corrected chi connectivity index (χ4v) is 3.60. The molecule has 1 heterocycles. The first-order valence-electron chi connectivity index (χ1n) is 10.0. The lowest BCUT2D eigenvalue weighted by molar-refractivity contribution is -0.133. The van der Waals surface area contributed by atoms with E-state index < -0.39 is 0 Å². The maximum atomic E-state index is 13.0. The molecule has 4 rings (SSSR count). The lowest BCUT2D eigenvalue weighted by Gasteiger charge is -2.23. The number of nitrogens with one attached hydrogen (secondary N) is 1. The molecule has 154 valence electrons. The lowest BCUT2D eigenvalue weighted by Crippen LogP contribution is -2.37. The van der Waals surface area contributed by atoms with Crippen molar-refractivity contribution in [2.45, 2.75) is 38.9 Å². The van der Waals surface area contributed by atoms with Gasteiger partial charge in [-0.25, -0.2) is 4.98 Å². The van der Waals surface area contributed by atoms with Gasteiger partial charge < -0.3 is 10.2 Å². The number of carbonyl (C=O) groups excluding carboxylic acids is 2. The summed E-state index contributed by atoms with van der Waals surface area (Å²) >= 11 is 0. The predicted octanol–water partition coefficient (Wildman–Crippen LogP) is 2.26. The van der Waals surface area contributed by atoms with Gasteiger partial charge in [0.25, 0.3) is 11.5 Å². The van der Waals surface area contributed by atoms with Gasteiger partial charge in [-0.15, -0.1) is 0 Å². The summed E-state index contributed by atoms with van der Waals surface area (Å²) < 4.78 is 1.38. The summed E-state index contributed by atoms with van der Waals surface area (Å²) in [6, 6.07) is 12.9. The molecule has 0 saturated heterocycles. The molecule has 3 aromatic rings. The summed E-state index contributed by atoms with van der Waals surface area (Å²) in [4.78, 5) is 43.8. The highest BCUT2D eigenvalue weighted by molar-refractivity contribution is 5.94. The number of hydrogen-bond acceptors (Lipinski definition) is 4. The zero-order valence-corrected chi connectivity index (χ0v) is 17.1. The van der Waals surface area contributed by atoms with Crippen molar-refractivity contribution in [2.24, 2.45) is 0 Å². The highest BCUT2D eigenvalue weighted by Gasteiger charge is 2.32. The second kappa shape index (κ2) is 8.10. The Morgan fingerprint density at radius 3 is 2.57 bits per heavy atom. The first-order valence-corrected chi connectivity index (χ1v) is 10.0. The maximum absolute atomic E-state index is 13.0. The van der Waals surface area contributed by atoms with Crippen molar-refractivity contribution in [2.75, 3.05) is 7.05 Å². The minimum Gasteiger partial charge on any atom is -0.355 e. The van der Waals surface area contributed by atoms with E-state index in [0.29, 0.717) is 23.0 Å². The third kappa shape index (κ3) is 3.96. The molecule has 0 aliphatic heterocycles. The van der Waals surface area contributed by atoms with Gasteiger partial charge in [-0.2, -0.15) is 0 Å². The molecule has 0 spiro atoms. The van der Waals surface area contributed by atoms with Crippen LogP contribution in [0.15, 0.2) is 53.6 Å². The molecule has 30 heavy (non-hydrogen) atoms. The van der Waals surface area contributed by atoms with Crippen LogP contribution in [0.2, 0.25) is 0 Å². The molecule has 1 aliphatic rings. The lowest BCUT2D eigenvalue weighted by atomic mass is 10.1. The molecule has 0 atom stereocenters. The number of carbonyl (C=O) groups is 2. The van der Waals surface area contributed by atoms with Crippen LogP contribution in [0.25, 0.3) is 10.9 Å². The molecule has 1 saturated carbocycles. The Kier molecular flexibility index (Phi) is 5.35. The van der Waals surface area contributed by atoms with Crippen molar-refractivity contribution >= 4 is 22.7 Å². The Labute approximate surface area is 174 Å². The smallest absolute Gasteiger partial charge is 0.261 e. The fraction of sp³-hybridized carbons (Fsp3) is 0.304. The average molecular weight is 404 g/mol. The predicted molar refractivity (Wildman–Crippen MR) is 114 cm³/mol. The van der Waals surface area contributed by atoms with Crippen LogP contribution >= 0.6 is 0 Å². The van der Waals surface area contributed by atoms with Gasteiger partial charge in [-0.3, -0.25) is 19.0 Å². The van der Waals surface area contributed by atoms with Crippen LogP contribution in [-0.2, 0) is 17.9 Å². The van der Waals surface area contributed by atoms with E-state index in [9.17, 15) is 14.4 Å². The zero-order valence-electron chi connectivity index (χ0n) is 17.1. The topological polar surface area (TPSA) is 84.3 Å². The number of aromatic nitrogens is 2. The molecule has 1 N–H and O–H groups in total. The Balaban J connectivity index is 1.53. The summed E-state index contributed by atoms with van der Waals surface area (Å²) in [5, 5.41) is 3.12. The van der Waals surface area contributed by atoms with Gasteiger partial charge in [0, 0.05) is 25.2 Å². The van der Waals surface area contributed by atoms with Crippen molar-refractivity contribution < 1.29 is 9.59 Å². The van der Waals surface area contributed by atoms with E-state index in [1.807, 2.05) is 36.1 Å². The fourth-order valence-electron chi connectivity index (χ4n) is 3.60. The van der Waals surface area contributed by atoms with E-state index in [1.54, 1.807) is 25.2 Å². The molecule has 2 amide bonds. The van der Waals surface area contributed by atoms with Crippen molar-refractivity contribution in [3.05, 3.63) is 75.8 Å². The molecule has 7 heteroatoms. The molecule has 7 nitrogen and oxygen atoms in total. The molecular formula is C23H24N4O3. The van der Waals surface area contributed by atoms with Crippen molar-refractivity contribution in [1.29, 1.82) is 0 Å². The van der Waals surface area contributed by atoms with Gasteiger partial charge in [0.1, 0.15) is 6.54 Å². The quantitative estimate of drug-likeness (QED) is 0.683. The van der Waals surface area contributed by atoms with Crippen LogP contribution in [0, 0.1) is 6.92 Å². The van der Waals surface area contributed by atoms with E-state index >= 15 is 0 Å². The van der Waals surface area contributed by atoms with Crippen LogP contribution < -0.4 is 10.9 Å². The van der Waals surface area contributed by atoms with Gasteiger partial charge >= 0.3 is 0 Å². The second-order valence-corrected chi connectivity index (χ2v) is 7.68. The monoisotopic (exact) mass is 404 g/mol. The van der Waals surface area contributed by atoms with Crippen molar-refractivity contribution in [3.8, 4) is 0 Å². The molecule has 0 radical (unpaired) electrons. The molecule has 1 aromatic heterocycles. The highest BCUT2D eigenvalue weighted by Crippen LogP contribution is 2.28. The van der Waals surface area contributed by atoms with Gasteiger partial charge in [-0.05, 0) is 49.1 Å². The van der Waals surface area contributed by atoms with Gasteiger partial charge in [0.2, 0.25) is 5.91 Å². The normalized spacial score (nSPS) is 13.3. The summed E-state index contributed by atoms with van der Waals surface area (Å²) in [6.07, 6.45) is 3.39. The SMILES string of the molecule is CNC(=O)c1ccc(CN(C(=O)Cn2cnc3c(C)cccc3c2=O)C2CC2)cc1. The molecular weight excluding hydrogens is 380 g/mol. The van der Waals surface area contributed by atoms with Crippen molar-refractivity contribution in [1.82, 2.24) is 19.8 Å². The third-order valence-corrected chi connectivity index (χ3v) is 5.46. The minimum absolute atomic E-state index is 0.0391. The van der Waals surface area contributed by atoms with Crippen LogP contribution in [-0.4, -0.2) is 39.4 Å². The van der Waals surface area contributed by atoms with E-state index in [2.05, 4.69) is 10.3 Å². The van der Waals surface area contributed by atoms with E-state index in [1.165, 1.54) is 10.9 Å². The van der Waals surface area contributed by atoms with Crippen LogP contribution in [0.3, 0.4) is 0 Å². The maximum Gasteiger partial charge on any atom is 0.261 e. The molecule has 0 unspecified atom stereocenters. The minimum atomic E-state index is -0.206. The van der Waals surface area contributed by atoms with Crippen LogP contribution in [0.1, 0.15) is 34.3 Å². The Morgan fingerprint density at radius 2 is 1.90 bits per heavy atom. The van der Waals surface area contributed by atoms with Gasteiger partial charge in [0.05, 0.1) is 17.2 Å². The first-order chi connectivity index (χ1) is 14.5. The summed E-state index contributed by atoms with van der Waals surface area (Å²) in [7, 11) is 1.59. The Morgan fingerprint density at radius 1 is 1.17 bits per heavy atom. The number of amides is 2. The number of aryl methyl sites for hydroxylation is 1. The standard InChI is InChI=1S/C23H24N4O3/c1-15-4-3-5-19-21(15)25-14-26(23(19)30)13-20(28)27(18-10-11-18)12-16-6-8-17(9-7-16)22(29)24-2/h3-9,14,18H,10-13H2,1-2H3,(H,24,29). The molecule has 1 fully saturated rings. The average Bonchev–Trinajstić information content (AvgIpc) is 3.59. The molecule has 1 aliphatic carbocycles. The number of nitrogens with zero attached hydrogens (tertiary/aromatic N) is 3. The third-order valence-electron chi connectivity index (χ3n) is 5.46.